The molecule has 2 N–H and O–H groups in total. The summed E-state index contributed by atoms with van der Waals surface area (Å²) in [6.45, 7) is 4.91. The third-order valence-corrected chi connectivity index (χ3v) is 2.25. The molecule has 82 valence electrons. The predicted octanol–water partition coefficient (Wildman–Crippen LogP) is 1.98. The molecule has 0 aromatic heterocycles. The van der Waals surface area contributed by atoms with Crippen molar-refractivity contribution in [3.05, 3.63) is 35.4 Å². The molecule has 0 radical (unpaired) electrons. The van der Waals surface area contributed by atoms with Gasteiger partial charge >= 0.3 is 5.97 Å². The smallest absolute Gasteiger partial charge is 0.317 e. The van der Waals surface area contributed by atoms with E-state index >= 15 is 0 Å². The van der Waals surface area contributed by atoms with Gasteiger partial charge in [0.1, 0.15) is 0 Å². The van der Waals surface area contributed by atoms with Crippen LogP contribution in [-0.2, 0) is 11.3 Å². The van der Waals surface area contributed by atoms with Crippen molar-refractivity contribution in [1.82, 2.24) is 5.32 Å². The normalized spacial score (nSPS) is 10.6. The fourth-order valence-corrected chi connectivity index (χ4v) is 1.33. The lowest BCUT2D eigenvalue weighted by Gasteiger charge is -2.07. The van der Waals surface area contributed by atoms with E-state index in [1.54, 1.807) is 0 Å². The van der Waals surface area contributed by atoms with Crippen LogP contribution in [0.2, 0.25) is 0 Å². The topological polar surface area (TPSA) is 49.3 Å². The van der Waals surface area contributed by atoms with Crippen molar-refractivity contribution in [3.8, 4) is 0 Å². The number of carboxylic acid groups (broad SMARTS) is 1. The summed E-state index contributed by atoms with van der Waals surface area (Å²) < 4.78 is 0. The molecule has 1 rings (SSSR count). The van der Waals surface area contributed by atoms with Crippen LogP contribution in [0.25, 0.3) is 0 Å². The molecule has 0 unspecified atom stereocenters. The van der Waals surface area contributed by atoms with Crippen LogP contribution in [0.3, 0.4) is 0 Å². The molecule has 15 heavy (non-hydrogen) atoms. The van der Waals surface area contributed by atoms with E-state index in [0.29, 0.717) is 12.5 Å². The molecule has 0 saturated carbocycles. The second-order valence-electron chi connectivity index (χ2n) is 3.89. The molecule has 0 amide bonds. The molecular formula is C12H17NO2. The van der Waals surface area contributed by atoms with E-state index in [1.165, 1.54) is 5.56 Å². The molecule has 3 heteroatoms. The first-order valence-corrected chi connectivity index (χ1v) is 5.11. The molecule has 0 aliphatic carbocycles. The number of rotatable bonds is 5. The Morgan fingerprint density at radius 3 is 2.40 bits per heavy atom. The van der Waals surface area contributed by atoms with E-state index in [0.717, 1.165) is 5.56 Å². The van der Waals surface area contributed by atoms with Gasteiger partial charge < -0.3 is 10.4 Å². The summed E-state index contributed by atoms with van der Waals surface area (Å²) in [5.74, 6) is -0.292. The minimum atomic E-state index is -0.825. The first kappa shape index (κ1) is 11.7. The number of hydrogen-bond donors (Lipinski definition) is 2. The minimum Gasteiger partial charge on any atom is -0.480 e. The monoisotopic (exact) mass is 207 g/mol. The summed E-state index contributed by atoms with van der Waals surface area (Å²) in [5.41, 5.74) is 2.41. The van der Waals surface area contributed by atoms with Gasteiger partial charge in [-0.1, -0.05) is 38.1 Å². The van der Waals surface area contributed by atoms with Crippen LogP contribution in [0, 0.1) is 0 Å². The molecule has 1 aromatic rings. The summed E-state index contributed by atoms with van der Waals surface area (Å²) in [6, 6.07) is 8.24. The zero-order valence-electron chi connectivity index (χ0n) is 9.16. The largest absolute Gasteiger partial charge is 0.480 e. The van der Waals surface area contributed by atoms with Gasteiger partial charge in [-0.3, -0.25) is 4.79 Å². The Bertz CT molecular complexity index is 317. The van der Waals surface area contributed by atoms with Crippen molar-refractivity contribution in [2.75, 3.05) is 6.54 Å². The number of nitrogens with one attached hydrogen (secondary N) is 1. The maximum absolute atomic E-state index is 10.3. The minimum absolute atomic E-state index is 0.00588. The highest BCUT2D eigenvalue weighted by Gasteiger charge is 1.99. The van der Waals surface area contributed by atoms with Gasteiger partial charge in [0.15, 0.2) is 0 Å². The van der Waals surface area contributed by atoms with Gasteiger partial charge in [0.25, 0.3) is 0 Å². The molecule has 1 aromatic carbocycles. The summed E-state index contributed by atoms with van der Waals surface area (Å²) >= 11 is 0. The maximum atomic E-state index is 10.3. The Morgan fingerprint density at radius 1 is 1.33 bits per heavy atom. The Balaban J connectivity index is 2.46. The Hall–Kier alpha value is -1.35. The molecule has 0 heterocycles. The Morgan fingerprint density at radius 2 is 1.93 bits per heavy atom. The zero-order valence-corrected chi connectivity index (χ0v) is 9.16. The molecule has 0 fully saturated rings. The van der Waals surface area contributed by atoms with Crippen LogP contribution in [0.1, 0.15) is 30.9 Å². The number of carbonyl (C=O) groups is 1. The summed E-state index contributed by atoms with van der Waals surface area (Å²) in [5, 5.41) is 11.3. The molecule has 0 atom stereocenters. The molecule has 0 saturated heterocycles. The quantitative estimate of drug-likeness (QED) is 0.776. The van der Waals surface area contributed by atoms with Crippen LogP contribution in [0.15, 0.2) is 24.3 Å². The average Bonchev–Trinajstić information content (AvgIpc) is 2.18. The molecule has 0 aliphatic heterocycles. The Kier molecular flexibility index (Phi) is 4.31. The average molecular weight is 207 g/mol. The van der Waals surface area contributed by atoms with E-state index in [4.69, 9.17) is 5.11 Å². The van der Waals surface area contributed by atoms with Crippen LogP contribution < -0.4 is 5.32 Å². The van der Waals surface area contributed by atoms with Crippen molar-refractivity contribution < 1.29 is 9.90 Å². The molecule has 3 nitrogen and oxygen atoms in total. The second-order valence-corrected chi connectivity index (χ2v) is 3.89. The van der Waals surface area contributed by atoms with E-state index in [1.807, 2.05) is 12.1 Å². The van der Waals surface area contributed by atoms with Gasteiger partial charge in [-0.05, 0) is 17.0 Å². The highest BCUT2D eigenvalue weighted by atomic mass is 16.4. The van der Waals surface area contributed by atoms with Crippen molar-refractivity contribution in [3.63, 3.8) is 0 Å². The highest BCUT2D eigenvalue weighted by molar-refractivity contribution is 5.68. The SMILES string of the molecule is CC(C)c1ccc(CNCC(=O)O)cc1. The molecular weight excluding hydrogens is 190 g/mol. The third kappa shape index (κ3) is 4.13. The van der Waals surface area contributed by atoms with Crippen LogP contribution in [0.5, 0.6) is 0 Å². The second kappa shape index (κ2) is 5.51. The van der Waals surface area contributed by atoms with Crippen molar-refractivity contribution >= 4 is 5.97 Å². The van der Waals surface area contributed by atoms with Crippen molar-refractivity contribution in [1.29, 1.82) is 0 Å². The van der Waals surface area contributed by atoms with E-state index in [-0.39, 0.29) is 6.54 Å². The lowest BCUT2D eigenvalue weighted by molar-refractivity contribution is -0.135. The molecule has 0 aliphatic rings. The van der Waals surface area contributed by atoms with E-state index < -0.39 is 5.97 Å². The lowest BCUT2D eigenvalue weighted by Crippen LogP contribution is -2.21. The highest BCUT2D eigenvalue weighted by Crippen LogP contribution is 2.14. The van der Waals surface area contributed by atoms with Crippen molar-refractivity contribution in [2.45, 2.75) is 26.3 Å². The number of aliphatic carboxylic acids is 1. The first-order valence-electron chi connectivity index (χ1n) is 5.11. The van der Waals surface area contributed by atoms with Gasteiger partial charge in [-0.2, -0.15) is 0 Å². The van der Waals surface area contributed by atoms with Gasteiger partial charge in [-0.25, -0.2) is 0 Å². The third-order valence-electron chi connectivity index (χ3n) is 2.25. The maximum Gasteiger partial charge on any atom is 0.317 e. The van der Waals surface area contributed by atoms with Gasteiger partial charge in [0, 0.05) is 6.54 Å². The number of hydrogen-bond acceptors (Lipinski definition) is 2. The van der Waals surface area contributed by atoms with Gasteiger partial charge in [0.2, 0.25) is 0 Å². The van der Waals surface area contributed by atoms with E-state index in [9.17, 15) is 4.79 Å². The lowest BCUT2D eigenvalue weighted by atomic mass is 10.0. The van der Waals surface area contributed by atoms with Crippen LogP contribution >= 0.6 is 0 Å². The first-order chi connectivity index (χ1) is 7.09. The predicted molar refractivity (Wildman–Crippen MR) is 59.9 cm³/mol. The van der Waals surface area contributed by atoms with Gasteiger partial charge in [0.05, 0.1) is 6.54 Å². The number of benzene rings is 1. The van der Waals surface area contributed by atoms with Crippen molar-refractivity contribution in [2.24, 2.45) is 0 Å². The Labute approximate surface area is 90.1 Å². The summed E-state index contributed by atoms with van der Waals surface area (Å²) in [4.78, 5) is 10.3. The fraction of sp³-hybridized carbons (Fsp3) is 0.417. The standard InChI is InChI=1S/C12H17NO2/c1-9(2)11-5-3-10(4-6-11)7-13-8-12(14)15/h3-6,9,13H,7-8H2,1-2H3,(H,14,15). The number of carboxylic acids is 1. The van der Waals surface area contributed by atoms with E-state index in [2.05, 4.69) is 31.3 Å². The molecule has 0 spiro atoms. The zero-order chi connectivity index (χ0) is 11.3. The summed E-state index contributed by atoms with van der Waals surface area (Å²) in [7, 11) is 0. The summed E-state index contributed by atoms with van der Waals surface area (Å²) in [6.07, 6.45) is 0. The van der Waals surface area contributed by atoms with Crippen LogP contribution in [0.4, 0.5) is 0 Å². The fourth-order valence-electron chi connectivity index (χ4n) is 1.33. The molecule has 0 bridgehead atoms. The van der Waals surface area contributed by atoms with Crippen LogP contribution in [-0.4, -0.2) is 17.6 Å². The van der Waals surface area contributed by atoms with Gasteiger partial charge in [-0.15, -0.1) is 0 Å².